The van der Waals surface area contributed by atoms with Gasteiger partial charge in [-0.15, -0.1) is 11.3 Å². The lowest BCUT2D eigenvalue weighted by Crippen LogP contribution is -2.45. The first-order valence-corrected chi connectivity index (χ1v) is 8.59. The van der Waals surface area contributed by atoms with Crippen LogP contribution in [0.25, 0.3) is 0 Å². The normalized spacial score (nSPS) is 31.4. The Hall–Kier alpha value is -0.870. The van der Waals surface area contributed by atoms with Gasteiger partial charge in [0.2, 0.25) is 0 Å². The van der Waals surface area contributed by atoms with E-state index in [1.54, 1.807) is 0 Å². The van der Waals surface area contributed by atoms with E-state index in [0.29, 0.717) is 30.5 Å². The third-order valence-corrected chi connectivity index (χ3v) is 5.94. The maximum absolute atomic E-state index is 10.9. The molecule has 2 aliphatic heterocycles. The first-order chi connectivity index (χ1) is 9.69. The number of carboxylic acid groups (broad SMARTS) is 1. The Labute approximate surface area is 124 Å². The van der Waals surface area contributed by atoms with Crippen molar-refractivity contribution in [2.24, 2.45) is 5.92 Å². The Morgan fingerprint density at radius 3 is 2.65 bits per heavy atom. The maximum atomic E-state index is 10.9. The molecule has 2 fully saturated rings. The molecule has 2 bridgehead atoms. The quantitative estimate of drug-likeness (QED) is 0.894. The average molecular weight is 293 g/mol. The van der Waals surface area contributed by atoms with Crippen LogP contribution in [-0.4, -0.2) is 28.1 Å². The van der Waals surface area contributed by atoms with Gasteiger partial charge in [0.05, 0.1) is 0 Å². The third kappa shape index (κ3) is 2.63. The van der Waals surface area contributed by atoms with Crippen molar-refractivity contribution in [1.82, 2.24) is 4.90 Å². The third-order valence-electron chi connectivity index (χ3n) is 4.97. The number of rotatable bonds is 5. The summed E-state index contributed by atoms with van der Waals surface area (Å²) in [7, 11) is 0. The molecule has 0 radical (unpaired) electrons. The molecule has 0 saturated carbocycles. The van der Waals surface area contributed by atoms with Crippen molar-refractivity contribution >= 4 is 17.3 Å². The summed E-state index contributed by atoms with van der Waals surface area (Å²) >= 11 is 1.86. The van der Waals surface area contributed by atoms with Crippen molar-refractivity contribution < 1.29 is 9.90 Å². The standard InChI is InChI=1S/C16H23NO2S/c1-2-14(15-4-3-7-20-15)17-12-5-6-13(17)9-11(8-12)10-16(18)19/h3-4,7,11-14H,2,5-6,8-10H2,1H3,(H,18,19). The van der Waals surface area contributed by atoms with Gasteiger partial charge < -0.3 is 5.11 Å². The van der Waals surface area contributed by atoms with Gasteiger partial charge >= 0.3 is 5.97 Å². The van der Waals surface area contributed by atoms with E-state index >= 15 is 0 Å². The molecule has 0 aliphatic carbocycles. The topological polar surface area (TPSA) is 40.5 Å². The van der Waals surface area contributed by atoms with E-state index in [-0.39, 0.29) is 0 Å². The van der Waals surface area contributed by atoms with Gasteiger partial charge in [-0.1, -0.05) is 13.0 Å². The minimum atomic E-state index is -0.631. The fraction of sp³-hybridized carbons (Fsp3) is 0.688. The summed E-state index contributed by atoms with van der Waals surface area (Å²) in [4.78, 5) is 15.1. The molecular formula is C16H23NO2S. The molecule has 3 nitrogen and oxygen atoms in total. The van der Waals surface area contributed by atoms with Gasteiger partial charge in [-0.05, 0) is 49.5 Å². The van der Waals surface area contributed by atoms with E-state index in [4.69, 9.17) is 5.11 Å². The summed E-state index contributed by atoms with van der Waals surface area (Å²) in [6.07, 6.45) is 6.16. The summed E-state index contributed by atoms with van der Waals surface area (Å²) in [5, 5.41) is 11.2. The average Bonchev–Trinajstić information content (AvgIpc) is 2.99. The zero-order valence-corrected chi connectivity index (χ0v) is 12.8. The van der Waals surface area contributed by atoms with Crippen LogP contribution in [-0.2, 0) is 4.79 Å². The van der Waals surface area contributed by atoms with Crippen LogP contribution in [0.3, 0.4) is 0 Å². The second-order valence-corrected chi connectivity index (χ2v) is 7.19. The minimum absolute atomic E-state index is 0.358. The largest absolute Gasteiger partial charge is 0.481 e. The van der Waals surface area contributed by atoms with Gasteiger partial charge in [0.25, 0.3) is 0 Å². The molecule has 4 heteroatoms. The number of nitrogens with zero attached hydrogens (tertiary/aromatic N) is 1. The van der Waals surface area contributed by atoms with Gasteiger partial charge in [0, 0.05) is 29.4 Å². The van der Waals surface area contributed by atoms with Crippen molar-refractivity contribution in [3.8, 4) is 0 Å². The lowest BCUT2D eigenvalue weighted by Gasteiger charge is -2.43. The highest BCUT2D eigenvalue weighted by molar-refractivity contribution is 7.10. The van der Waals surface area contributed by atoms with Crippen LogP contribution >= 0.6 is 11.3 Å². The Kier molecular flexibility index (Phi) is 4.13. The number of carboxylic acids is 1. The summed E-state index contributed by atoms with van der Waals surface area (Å²) in [5.74, 6) is -0.241. The smallest absolute Gasteiger partial charge is 0.303 e. The lowest BCUT2D eigenvalue weighted by atomic mass is 9.86. The number of aliphatic carboxylic acids is 1. The predicted molar refractivity (Wildman–Crippen MR) is 81.0 cm³/mol. The molecule has 2 saturated heterocycles. The molecule has 110 valence electrons. The fourth-order valence-corrected chi connectivity index (χ4v) is 5.21. The highest BCUT2D eigenvalue weighted by atomic mass is 32.1. The monoisotopic (exact) mass is 293 g/mol. The molecule has 1 aromatic heterocycles. The first-order valence-electron chi connectivity index (χ1n) is 7.71. The van der Waals surface area contributed by atoms with Crippen molar-refractivity contribution in [3.05, 3.63) is 22.4 Å². The minimum Gasteiger partial charge on any atom is -0.481 e. The summed E-state index contributed by atoms with van der Waals surface area (Å²) in [6.45, 7) is 2.27. The SMILES string of the molecule is CCC(c1cccs1)N1C2CCC1CC(CC(=O)O)C2. The number of fused-ring (bicyclic) bond motifs is 2. The van der Waals surface area contributed by atoms with E-state index in [2.05, 4.69) is 29.3 Å². The van der Waals surface area contributed by atoms with E-state index in [1.807, 2.05) is 11.3 Å². The van der Waals surface area contributed by atoms with Crippen LogP contribution in [0.15, 0.2) is 17.5 Å². The van der Waals surface area contributed by atoms with Crippen LogP contribution in [0.2, 0.25) is 0 Å². The zero-order valence-electron chi connectivity index (χ0n) is 12.0. The van der Waals surface area contributed by atoms with Crippen molar-refractivity contribution in [2.75, 3.05) is 0 Å². The summed E-state index contributed by atoms with van der Waals surface area (Å²) in [6, 6.07) is 6.14. The molecule has 3 unspecified atom stereocenters. The van der Waals surface area contributed by atoms with Gasteiger partial charge in [-0.3, -0.25) is 9.69 Å². The summed E-state index contributed by atoms with van der Waals surface area (Å²) in [5.41, 5.74) is 0. The molecule has 3 atom stereocenters. The number of hydrogen-bond donors (Lipinski definition) is 1. The molecule has 3 rings (SSSR count). The molecule has 20 heavy (non-hydrogen) atoms. The number of hydrogen-bond acceptors (Lipinski definition) is 3. The zero-order chi connectivity index (χ0) is 14.1. The number of piperidine rings is 1. The van der Waals surface area contributed by atoms with Crippen molar-refractivity contribution in [1.29, 1.82) is 0 Å². The fourth-order valence-electron chi connectivity index (χ4n) is 4.29. The van der Waals surface area contributed by atoms with Crippen LogP contribution in [0.5, 0.6) is 0 Å². The van der Waals surface area contributed by atoms with Crippen LogP contribution in [0.1, 0.15) is 56.4 Å². The molecule has 1 N–H and O–H groups in total. The Morgan fingerprint density at radius 1 is 1.45 bits per heavy atom. The van der Waals surface area contributed by atoms with Gasteiger partial charge in [-0.2, -0.15) is 0 Å². The van der Waals surface area contributed by atoms with E-state index in [9.17, 15) is 4.79 Å². The molecule has 0 aromatic carbocycles. The molecule has 2 aliphatic rings. The maximum Gasteiger partial charge on any atom is 0.303 e. The molecule has 3 heterocycles. The van der Waals surface area contributed by atoms with Crippen LogP contribution in [0.4, 0.5) is 0 Å². The Balaban J connectivity index is 1.74. The van der Waals surface area contributed by atoms with Crippen molar-refractivity contribution in [3.63, 3.8) is 0 Å². The second kappa shape index (κ2) is 5.86. The molecule has 0 amide bonds. The van der Waals surface area contributed by atoms with Crippen LogP contribution < -0.4 is 0 Å². The van der Waals surface area contributed by atoms with Gasteiger partial charge in [0.15, 0.2) is 0 Å². The predicted octanol–water partition coefficient (Wildman–Crippen LogP) is 3.92. The number of thiophene rings is 1. The van der Waals surface area contributed by atoms with Crippen molar-refractivity contribution in [2.45, 2.75) is 63.6 Å². The first kappa shape index (κ1) is 14.1. The molecule has 0 spiro atoms. The Morgan fingerprint density at radius 2 is 2.15 bits per heavy atom. The van der Waals surface area contributed by atoms with Gasteiger partial charge in [0.1, 0.15) is 0 Å². The van der Waals surface area contributed by atoms with Crippen LogP contribution in [0, 0.1) is 5.92 Å². The summed E-state index contributed by atoms with van der Waals surface area (Å²) < 4.78 is 0. The van der Waals surface area contributed by atoms with E-state index in [0.717, 1.165) is 19.3 Å². The molecule has 1 aromatic rings. The number of carbonyl (C=O) groups is 1. The van der Waals surface area contributed by atoms with E-state index < -0.39 is 5.97 Å². The lowest BCUT2D eigenvalue weighted by molar-refractivity contribution is -0.138. The Bertz CT molecular complexity index is 445. The van der Waals surface area contributed by atoms with Gasteiger partial charge in [-0.25, -0.2) is 0 Å². The molecular weight excluding hydrogens is 270 g/mol. The highest BCUT2D eigenvalue weighted by Gasteiger charge is 2.44. The van der Waals surface area contributed by atoms with E-state index in [1.165, 1.54) is 17.7 Å². The second-order valence-electron chi connectivity index (χ2n) is 6.21. The highest BCUT2D eigenvalue weighted by Crippen LogP contribution is 2.46.